The molecule has 0 N–H and O–H groups in total. The summed E-state index contributed by atoms with van der Waals surface area (Å²) in [5, 5.41) is 17.4. The van der Waals surface area contributed by atoms with E-state index in [1.54, 1.807) is 0 Å². The molecule has 6 heteroatoms. The normalized spacial score (nSPS) is 11.8. The van der Waals surface area contributed by atoms with Gasteiger partial charge in [-0.25, -0.2) is 9.97 Å². The quantitative estimate of drug-likeness (QED) is 0.184. The third kappa shape index (κ3) is 4.35. The minimum atomic E-state index is 0.431. The van der Waals surface area contributed by atoms with Gasteiger partial charge in [0.15, 0.2) is 5.82 Å². The molecule has 0 unspecified atom stereocenters. The van der Waals surface area contributed by atoms with Gasteiger partial charge in [0.2, 0.25) is 0 Å². The fraction of sp³-hybridized carbons (Fsp3) is 0. The van der Waals surface area contributed by atoms with Crippen LogP contribution in [0.25, 0.3) is 104 Å². The summed E-state index contributed by atoms with van der Waals surface area (Å²) in [6, 6.07) is 56.5. The van der Waals surface area contributed by atoms with Gasteiger partial charge in [-0.3, -0.25) is 0 Å². The zero-order valence-corrected chi connectivity index (χ0v) is 28.9. The Balaban J connectivity index is 1.27. The molecule has 0 aliphatic carbocycles. The van der Waals surface area contributed by atoms with Crippen LogP contribution in [0, 0.1) is 11.3 Å². The smallest absolute Gasteiger partial charge is 0.164 e. The number of furan rings is 1. The summed E-state index contributed by atoms with van der Waals surface area (Å²) in [6.07, 6.45) is 0. The Bertz CT molecular complexity index is 3230. The van der Waals surface area contributed by atoms with Gasteiger partial charge in [-0.05, 0) is 36.4 Å². The Morgan fingerprint density at radius 1 is 0.547 bits per heavy atom. The van der Waals surface area contributed by atoms with Crippen molar-refractivity contribution in [3.63, 3.8) is 0 Å². The molecule has 0 saturated carbocycles. The van der Waals surface area contributed by atoms with E-state index in [0.29, 0.717) is 28.4 Å². The Labute approximate surface area is 307 Å². The molecule has 0 fully saturated rings. The molecule has 0 aliphatic heterocycles. The van der Waals surface area contributed by atoms with Gasteiger partial charge in [0.1, 0.15) is 22.8 Å². The first-order valence-corrected chi connectivity index (χ1v) is 18.3. The van der Waals surface area contributed by atoms with E-state index < -0.39 is 0 Å². The van der Waals surface area contributed by atoms with Crippen molar-refractivity contribution in [1.29, 1.82) is 5.26 Å². The van der Waals surface area contributed by atoms with Crippen LogP contribution in [-0.4, -0.2) is 14.5 Å². The number of rotatable bonds is 4. The summed E-state index contributed by atoms with van der Waals surface area (Å²) in [4.78, 5) is 10.3. The van der Waals surface area contributed by atoms with Gasteiger partial charge in [-0.15, -0.1) is 11.3 Å². The van der Waals surface area contributed by atoms with Crippen molar-refractivity contribution in [2.75, 3.05) is 0 Å². The van der Waals surface area contributed by atoms with Gasteiger partial charge in [0.25, 0.3) is 0 Å². The van der Waals surface area contributed by atoms with Crippen molar-refractivity contribution in [2.45, 2.75) is 0 Å². The summed E-state index contributed by atoms with van der Waals surface area (Å²) in [5.74, 6) is 0.491. The van der Waals surface area contributed by atoms with E-state index in [0.717, 1.165) is 44.2 Å². The van der Waals surface area contributed by atoms with Crippen LogP contribution in [-0.2, 0) is 0 Å². The number of para-hydroxylation sites is 2. The lowest BCUT2D eigenvalue weighted by Crippen LogP contribution is -2.02. The van der Waals surface area contributed by atoms with Crippen molar-refractivity contribution >= 4 is 75.3 Å². The van der Waals surface area contributed by atoms with E-state index in [2.05, 4.69) is 95.6 Å². The first-order valence-electron chi connectivity index (χ1n) is 17.5. The third-order valence-corrected chi connectivity index (χ3v) is 11.4. The van der Waals surface area contributed by atoms with Crippen LogP contribution in [0.5, 0.6) is 0 Å². The second-order valence-corrected chi connectivity index (χ2v) is 14.3. The number of hydrogen-bond acceptors (Lipinski definition) is 5. The molecule has 0 saturated heterocycles. The molecular weight excluding hydrogens is 669 g/mol. The molecule has 5 nitrogen and oxygen atoms in total. The SMILES string of the molecule is N#Cc1c(-c2ccccc2)nc(-c2ccc(-n3c4ccccc4c4ccc5sc6ccccc6c5c43)c3c2oc2ccccc23)nc1-c1ccccc1. The van der Waals surface area contributed by atoms with Gasteiger partial charge in [0.05, 0.1) is 39.1 Å². The highest BCUT2D eigenvalue weighted by Gasteiger charge is 2.25. The molecule has 53 heavy (non-hydrogen) atoms. The summed E-state index contributed by atoms with van der Waals surface area (Å²) >= 11 is 1.83. The Kier molecular flexibility index (Phi) is 6.42. The maximum atomic E-state index is 10.5. The van der Waals surface area contributed by atoms with Crippen molar-refractivity contribution in [3.8, 4) is 45.7 Å². The van der Waals surface area contributed by atoms with Crippen LogP contribution in [0.4, 0.5) is 0 Å². The third-order valence-electron chi connectivity index (χ3n) is 10.3. The summed E-state index contributed by atoms with van der Waals surface area (Å²) in [5.41, 5.74) is 8.83. The average molecular weight is 695 g/mol. The minimum Gasteiger partial charge on any atom is -0.455 e. The van der Waals surface area contributed by atoms with Crippen LogP contribution in [0.15, 0.2) is 162 Å². The zero-order valence-electron chi connectivity index (χ0n) is 28.1. The Morgan fingerprint density at radius 3 is 1.92 bits per heavy atom. The lowest BCUT2D eigenvalue weighted by atomic mass is 9.99. The predicted octanol–water partition coefficient (Wildman–Crippen LogP) is 12.7. The molecule has 246 valence electrons. The highest BCUT2D eigenvalue weighted by atomic mass is 32.1. The molecule has 0 atom stereocenters. The number of nitrogens with zero attached hydrogens (tertiary/aromatic N) is 4. The predicted molar refractivity (Wildman–Crippen MR) is 218 cm³/mol. The highest BCUT2D eigenvalue weighted by Crippen LogP contribution is 2.46. The first-order chi connectivity index (χ1) is 26.3. The number of hydrogen-bond donors (Lipinski definition) is 0. The number of thiophene rings is 1. The maximum absolute atomic E-state index is 10.5. The molecule has 11 aromatic rings. The van der Waals surface area contributed by atoms with Crippen LogP contribution in [0.3, 0.4) is 0 Å². The fourth-order valence-corrected chi connectivity index (χ4v) is 9.09. The molecule has 0 radical (unpaired) electrons. The highest BCUT2D eigenvalue weighted by molar-refractivity contribution is 7.26. The molecule has 0 amide bonds. The molecule has 4 aromatic heterocycles. The molecule has 0 aliphatic rings. The minimum absolute atomic E-state index is 0.431. The number of fused-ring (bicyclic) bond motifs is 10. The molecule has 0 spiro atoms. The summed E-state index contributed by atoms with van der Waals surface area (Å²) in [7, 11) is 0. The van der Waals surface area contributed by atoms with Gasteiger partial charge >= 0.3 is 0 Å². The second kappa shape index (κ2) is 11.5. The molecule has 4 heterocycles. The molecular formula is C47H26N4OS. The van der Waals surface area contributed by atoms with Gasteiger partial charge in [0, 0.05) is 47.5 Å². The molecule has 11 rings (SSSR count). The van der Waals surface area contributed by atoms with Crippen LogP contribution >= 0.6 is 11.3 Å². The lowest BCUT2D eigenvalue weighted by Gasteiger charge is -2.14. The maximum Gasteiger partial charge on any atom is 0.164 e. The standard InChI is InChI=1S/C47H26N4OS/c48-27-35-43(28-13-3-1-4-14-28)49-47(50-44(35)29-15-5-2-6-16-29)34-23-25-37(41-32-18-8-11-21-38(32)52-46(34)41)51-36-20-10-7-17-30(36)31-24-26-40-42(45(31)51)33-19-9-12-22-39(33)53-40/h1-26H. The fourth-order valence-electron chi connectivity index (χ4n) is 7.99. The topological polar surface area (TPSA) is 67.6 Å². The van der Waals surface area contributed by atoms with E-state index in [4.69, 9.17) is 14.4 Å². The van der Waals surface area contributed by atoms with Crippen LogP contribution in [0.1, 0.15) is 5.56 Å². The number of aromatic nitrogens is 3. The molecule has 7 aromatic carbocycles. The largest absolute Gasteiger partial charge is 0.455 e. The molecule has 0 bridgehead atoms. The van der Waals surface area contributed by atoms with Gasteiger partial charge in [-0.1, -0.05) is 121 Å². The Morgan fingerprint density at radius 2 is 1.19 bits per heavy atom. The zero-order chi connectivity index (χ0) is 35.0. The van der Waals surface area contributed by atoms with E-state index in [1.165, 1.54) is 36.5 Å². The van der Waals surface area contributed by atoms with Crippen molar-refractivity contribution in [3.05, 3.63) is 163 Å². The number of nitriles is 1. The van der Waals surface area contributed by atoms with Crippen LogP contribution < -0.4 is 0 Å². The number of benzene rings is 7. The average Bonchev–Trinajstić information content (AvgIpc) is 3.91. The van der Waals surface area contributed by atoms with E-state index >= 15 is 0 Å². The first kappa shape index (κ1) is 29.6. The monoisotopic (exact) mass is 694 g/mol. The summed E-state index contributed by atoms with van der Waals surface area (Å²) < 4.78 is 11.8. The lowest BCUT2D eigenvalue weighted by molar-refractivity contribution is 0.669. The van der Waals surface area contributed by atoms with Gasteiger partial charge < -0.3 is 8.98 Å². The Hall–Kier alpha value is -7.07. The summed E-state index contributed by atoms with van der Waals surface area (Å²) in [6.45, 7) is 0. The second-order valence-electron chi connectivity index (χ2n) is 13.2. The van der Waals surface area contributed by atoms with Crippen molar-refractivity contribution in [1.82, 2.24) is 14.5 Å². The van der Waals surface area contributed by atoms with Crippen molar-refractivity contribution < 1.29 is 4.42 Å². The van der Waals surface area contributed by atoms with E-state index in [1.807, 2.05) is 84.1 Å². The van der Waals surface area contributed by atoms with Crippen molar-refractivity contribution in [2.24, 2.45) is 0 Å². The van der Waals surface area contributed by atoms with Crippen LogP contribution in [0.2, 0.25) is 0 Å². The van der Waals surface area contributed by atoms with E-state index in [9.17, 15) is 5.26 Å². The van der Waals surface area contributed by atoms with E-state index in [-0.39, 0.29) is 0 Å². The van der Waals surface area contributed by atoms with Gasteiger partial charge in [-0.2, -0.15) is 5.26 Å².